The molecule has 0 saturated carbocycles. The van der Waals surface area contributed by atoms with E-state index in [-0.39, 0.29) is 11.0 Å². The summed E-state index contributed by atoms with van der Waals surface area (Å²) in [5.74, 6) is 0. The fourth-order valence-electron chi connectivity index (χ4n) is 1.65. The van der Waals surface area contributed by atoms with Crippen molar-refractivity contribution in [2.45, 2.75) is 11.0 Å². The van der Waals surface area contributed by atoms with Crippen molar-refractivity contribution in [1.82, 2.24) is 0 Å². The van der Waals surface area contributed by atoms with Gasteiger partial charge in [-0.1, -0.05) is 0 Å². The summed E-state index contributed by atoms with van der Waals surface area (Å²) in [6, 6.07) is 6.28. The van der Waals surface area contributed by atoms with Gasteiger partial charge < -0.3 is 14.8 Å². The van der Waals surface area contributed by atoms with Crippen molar-refractivity contribution in [1.29, 1.82) is 0 Å². The van der Waals surface area contributed by atoms with Crippen molar-refractivity contribution >= 4 is 15.7 Å². The lowest BCUT2D eigenvalue weighted by Gasteiger charge is -2.23. The summed E-state index contributed by atoms with van der Waals surface area (Å²) in [6.07, 6.45) is 0.0247. The molecule has 1 aliphatic rings. The number of hydrogen-bond donors (Lipinski definition) is 2. The van der Waals surface area contributed by atoms with Gasteiger partial charge in [0.2, 0.25) is 10.0 Å². The van der Waals surface area contributed by atoms with Crippen LogP contribution in [-0.4, -0.2) is 40.9 Å². The second-order valence-electron chi connectivity index (χ2n) is 4.02. The fourth-order valence-corrected chi connectivity index (χ4v) is 2.16. The highest BCUT2D eigenvalue weighted by atomic mass is 32.2. The third-order valence-corrected chi connectivity index (χ3v) is 3.53. The van der Waals surface area contributed by atoms with Crippen molar-refractivity contribution in [2.75, 3.05) is 31.7 Å². The Morgan fingerprint density at radius 3 is 2.56 bits per heavy atom. The Morgan fingerprint density at radius 2 is 2.00 bits per heavy atom. The molecule has 100 valence electrons. The van der Waals surface area contributed by atoms with Crippen LogP contribution in [0.25, 0.3) is 0 Å². The van der Waals surface area contributed by atoms with Crippen LogP contribution in [-0.2, 0) is 19.5 Å². The summed E-state index contributed by atoms with van der Waals surface area (Å²) in [5.41, 5.74) is 0.816. The molecule has 1 saturated heterocycles. The van der Waals surface area contributed by atoms with Gasteiger partial charge in [-0.2, -0.15) is 0 Å². The molecule has 1 atom stereocenters. The molecule has 0 aliphatic carbocycles. The minimum atomic E-state index is -3.63. The summed E-state index contributed by atoms with van der Waals surface area (Å²) in [4.78, 5) is 0.102. The first-order valence-corrected chi connectivity index (χ1v) is 7.16. The maximum Gasteiger partial charge on any atom is 0.238 e. The van der Waals surface area contributed by atoms with Crippen molar-refractivity contribution in [2.24, 2.45) is 5.14 Å². The van der Waals surface area contributed by atoms with E-state index in [4.69, 9.17) is 14.6 Å². The molecule has 1 unspecified atom stereocenters. The van der Waals surface area contributed by atoms with Gasteiger partial charge in [0.15, 0.2) is 0 Å². The molecule has 0 bridgehead atoms. The van der Waals surface area contributed by atoms with Gasteiger partial charge in [-0.3, -0.25) is 0 Å². The van der Waals surface area contributed by atoms with Crippen LogP contribution >= 0.6 is 0 Å². The number of anilines is 1. The monoisotopic (exact) mass is 272 g/mol. The van der Waals surface area contributed by atoms with Crippen molar-refractivity contribution in [3.8, 4) is 0 Å². The van der Waals surface area contributed by atoms with Crippen molar-refractivity contribution in [3.63, 3.8) is 0 Å². The van der Waals surface area contributed by atoms with Crippen LogP contribution in [0.2, 0.25) is 0 Å². The first kappa shape index (κ1) is 13.3. The van der Waals surface area contributed by atoms with Crippen LogP contribution < -0.4 is 10.5 Å². The van der Waals surface area contributed by atoms with E-state index >= 15 is 0 Å². The molecule has 18 heavy (non-hydrogen) atoms. The van der Waals surface area contributed by atoms with Gasteiger partial charge in [0, 0.05) is 12.2 Å². The number of ether oxygens (including phenoxy) is 2. The van der Waals surface area contributed by atoms with E-state index in [2.05, 4.69) is 5.32 Å². The predicted octanol–water partition coefficient (Wildman–Crippen LogP) is 0.161. The zero-order chi connectivity index (χ0) is 13.0. The van der Waals surface area contributed by atoms with Gasteiger partial charge in [0.25, 0.3) is 0 Å². The Balaban J connectivity index is 1.90. The third kappa shape index (κ3) is 3.67. The average molecular weight is 272 g/mol. The number of hydrogen-bond acceptors (Lipinski definition) is 5. The Kier molecular flexibility index (Phi) is 4.18. The summed E-state index contributed by atoms with van der Waals surface area (Å²) in [5, 5.41) is 8.17. The number of primary sulfonamides is 1. The minimum absolute atomic E-state index is 0.0247. The summed E-state index contributed by atoms with van der Waals surface area (Å²) >= 11 is 0. The zero-order valence-electron chi connectivity index (χ0n) is 9.83. The van der Waals surface area contributed by atoms with E-state index in [1.54, 1.807) is 12.1 Å². The second kappa shape index (κ2) is 5.66. The highest BCUT2D eigenvalue weighted by molar-refractivity contribution is 7.89. The van der Waals surface area contributed by atoms with Crippen molar-refractivity contribution in [3.05, 3.63) is 24.3 Å². The minimum Gasteiger partial charge on any atom is -0.382 e. The van der Waals surface area contributed by atoms with Gasteiger partial charge in [0.05, 0.1) is 30.8 Å². The maximum atomic E-state index is 11.1. The molecule has 3 N–H and O–H groups in total. The van der Waals surface area contributed by atoms with E-state index in [1.807, 2.05) is 0 Å². The molecule has 6 nitrogen and oxygen atoms in total. The normalized spacial score (nSPS) is 20.6. The maximum absolute atomic E-state index is 11.1. The first-order chi connectivity index (χ1) is 8.55. The smallest absolute Gasteiger partial charge is 0.238 e. The predicted molar refractivity (Wildman–Crippen MR) is 66.9 cm³/mol. The summed E-state index contributed by atoms with van der Waals surface area (Å²) in [7, 11) is -3.63. The standard InChI is InChI=1S/C11H16N2O4S/c12-18(14,15)11-3-1-9(2-4-11)13-7-10-8-16-5-6-17-10/h1-4,10,13H,5-8H2,(H2,12,14,15). The fraction of sp³-hybridized carbons (Fsp3) is 0.455. The molecule has 0 aromatic heterocycles. The van der Waals surface area contributed by atoms with Crippen LogP contribution in [0.5, 0.6) is 0 Å². The van der Waals surface area contributed by atoms with E-state index in [1.165, 1.54) is 12.1 Å². The first-order valence-electron chi connectivity index (χ1n) is 5.62. The molecule has 1 fully saturated rings. The molecular weight excluding hydrogens is 256 g/mol. The van der Waals surface area contributed by atoms with Gasteiger partial charge >= 0.3 is 0 Å². The van der Waals surface area contributed by atoms with E-state index in [9.17, 15) is 8.42 Å². The SMILES string of the molecule is NS(=O)(=O)c1ccc(NCC2COCCO2)cc1. The average Bonchev–Trinajstić information content (AvgIpc) is 2.37. The number of sulfonamides is 1. The van der Waals surface area contributed by atoms with E-state index < -0.39 is 10.0 Å². The molecule has 2 rings (SSSR count). The van der Waals surface area contributed by atoms with Gasteiger partial charge in [0.1, 0.15) is 0 Å². The number of nitrogens with two attached hydrogens (primary N) is 1. The summed E-state index contributed by atoms with van der Waals surface area (Å²) < 4.78 is 32.9. The lowest BCUT2D eigenvalue weighted by atomic mass is 10.3. The molecule has 7 heteroatoms. The van der Waals surface area contributed by atoms with Crippen molar-refractivity contribution < 1.29 is 17.9 Å². The lowest BCUT2D eigenvalue weighted by molar-refractivity contribution is -0.0818. The molecule has 0 spiro atoms. The van der Waals surface area contributed by atoms with Gasteiger partial charge in [-0.25, -0.2) is 13.6 Å². The molecule has 0 radical (unpaired) electrons. The van der Waals surface area contributed by atoms with Crippen LogP contribution in [0.3, 0.4) is 0 Å². The molecule has 0 amide bonds. The highest BCUT2D eigenvalue weighted by Crippen LogP contribution is 2.13. The topological polar surface area (TPSA) is 90.7 Å². The van der Waals surface area contributed by atoms with E-state index in [0.717, 1.165) is 5.69 Å². The Labute approximate surface area is 106 Å². The Morgan fingerprint density at radius 1 is 1.28 bits per heavy atom. The number of nitrogens with one attached hydrogen (secondary N) is 1. The highest BCUT2D eigenvalue weighted by Gasteiger charge is 2.13. The van der Waals surface area contributed by atoms with E-state index in [0.29, 0.717) is 26.4 Å². The molecule has 1 heterocycles. The van der Waals surface area contributed by atoms with Crippen LogP contribution in [0, 0.1) is 0 Å². The summed E-state index contributed by atoms with van der Waals surface area (Å²) in [6.45, 7) is 2.44. The second-order valence-corrected chi connectivity index (χ2v) is 5.58. The molecule has 1 aromatic carbocycles. The zero-order valence-corrected chi connectivity index (χ0v) is 10.7. The van der Waals surface area contributed by atoms with Gasteiger partial charge in [-0.05, 0) is 24.3 Å². The Hall–Kier alpha value is -1.15. The lowest BCUT2D eigenvalue weighted by Crippen LogP contribution is -2.34. The quantitative estimate of drug-likeness (QED) is 0.815. The molecule has 1 aromatic rings. The molecular formula is C11H16N2O4S. The van der Waals surface area contributed by atoms with Crippen LogP contribution in [0.1, 0.15) is 0 Å². The van der Waals surface area contributed by atoms with Crippen LogP contribution in [0.15, 0.2) is 29.2 Å². The van der Waals surface area contributed by atoms with Gasteiger partial charge in [-0.15, -0.1) is 0 Å². The number of rotatable bonds is 4. The molecule has 1 aliphatic heterocycles. The number of benzene rings is 1. The third-order valence-electron chi connectivity index (χ3n) is 2.60. The largest absolute Gasteiger partial charge is 0.382 e. The Bertz CT molecular complexity index is 480. The van der Waals surface area contributed by atoms with Crippen LogP contribution in [0.4, 0.5) is 5.69 Å².